The maximum atomic E-state index is 12.9. The van der Waals surface area contributed by atoms with Crippen LogP contribution in [0.25, 0.3) is 0 Å². The predicted molar refractivity (Wildman–Crippen MR) is 121 cm³/mol. The van der Waals surface area contributed by atoms with Crippen molar-refractivity contribution in [2.75, 3.05) is 6.61 Å². The van der Waals surface area contributed by atoms with Crippen molar-refractivity contribution in [3.05, 3.63) is 70.3 Å². The molecule has 2 aliphatic heterocycles. The standard InChI is InChI=1S/C25H27NO9/c27-20-22(34-23(28)16-9-3-1-4-10-16)21-19(15-31-25(35-21)13-7-2-8-14-25)33-24(20)32-18-12-6-5-11-17(18)26(29)30/h1,3-6,9-12,19-22,24,27H,2,7-8,13-15H2/t19-,20+,21+,22-,24-/m1/s1. The molecule has 2 aromatic rings. The average Bonchev–Trinajstić information content (AvgIpc) is 2.88. The van der Waals surface area contributed by atoms with Crippen molar-refractivity contribution in [2.24, 2.45) is 0 Å². The van der Waals surface area contributed by atoms with E-state index in [4.69, 9.17) is 23.7 Å². The third kappa shape index (κ3) is 4.87. The number of carbonyl (C=O) groups is 1. The Balaban J connectivity index is 1.42. The van der Waals surface area contributed by atoms with E-state index in [9.17, 15) is 20.0 Å². The second-order valence-corrected chi connectivity index (χ2v) is 8.98. The Bertz CT molecular complexity index is 1060. The van der Waals surface area contributed by atoms with Gasteiger partial charge in [-0.3, -0.25) is 10.1 Å². The first kappa shape index (κ1) is 23.7. The molecule has 5 rings (SSSR count). The van der Waals surface area contributed by atoms with Crippen LogP contribution in [0.2, 0.25) is 0 Å². The molecule has 186 valence electrons. The van der Waals surface area contributed by atoms with Crippen LogP contribution in [0.15, 0.2) is 54.6 Å². The quantitative estimate of drug-likeness (QED) is 0.385. The van der Waals surface area contributed by atoms with Gasteiger partial charge in [0.05, 0.1) is 17.1 Å². The number of aliphatic hydroxyl groups excluding tert-OH is 1. The molecule has 1 saturated carbocycles. The minimum atomic E-state index is -1.47. The van der Waals surface area contributed by atoms with Gasteiger partial charge in [-0.1, -0.05) is 36.8 Å². The topological polar surface area (TPSA) is 127 Å². The van der Waals surface area contributed by atoms with Crippen LogP contribution in [-0.2, 0) is 18.9 Å². The molecule has 2 heterocycles. The normalized spacial score (nSPS) is 29.7. The van der Waals surface area contributed by atoms with Gasteiger partial charge in [0.25, 0.3) is 0 Å². The fourth-order valence-corrected chi connectivity index (χ4v) is 4.87. The number of benzene rings is 2. The monoisotopic (exact) mass is 485 g/mol. The van der Waals surface area contributed by atoms with Crippen molar-refractivity contribution in [3.8, 4) is 5.75 Å². The summed E-state index contributed by atoms with van der Waals surface area (Å²) in [7, 11) is 0. The Kier molecular flexibility index (Phi) is 6.70. The molecule has 0 amide bonds. The number of esters is 1. The summed E-state index contributed by atoms with van der Waals surface area (Å²) in [6.45, 7) is 0.146. The van der Waals surface area contributed by atoms with Gasteiger partial charge in [0.2, 0.25) is 6.29 Å². The van der Waals surface area contributed by atoms with Crippen LogP contribution < -0.4 is 4.74 Å². The molecule has 3 aliphatic rings. The van der Waals surface area contributed by atoms with Crippen molar-refractivity contribution < 1.29 is 38.5 Å². The summed E-state index contributed by atoms with van der Waals surface area (Å²) in [5.74, 6) is -1.52. The van der Waals surface area contributed by atoms with Crippen LogP contribution in [0.4, 0.5) is 5.69 Å². The Morgan fingerprint density at radius 1 is 1.06 bits per heavy atom. The fourth-order valence-electron chi connectivity index (χ4n) is 4.87. The molecule has 3 fully saturated rings. The number of aliphatic hydroxyl groups is 1. The first-order chi connectivity index (χ1) is 17.0. The zero-order chi connectivity index (χ0) is 24.4. The summed E-state index contributed by atoms with van der Waals surface area (Å²) in [4.78, 5) is 23.8. The Labute approximate surface area is 201 Å². The van der Waals surface area contributed by atoms with Gasteiger partial charge in [-0.2, -0.15) is 0 Å². The summed E-state index contributed by atoms with van der Waals surface area (Å²) in [6, 6.07) is 14.2. The highest BCUT2D eigenvalue weighted by molar-refractivity contribution is 5.89. The van der Waals surface area contributed by atoms with Crippen LogP contribution in [0, 0.1) is 10.1 Å². The number of hydrogen-bond donors (Lipinski definition) is 1. The lowest BCUT2D eigenvalue weighted by molar-refractivity contribution is -0.394. The Hall–Kier alpha value is -3.05. The smallest absolute Gasteiger partial charge is 0.338 e. The molecule has 1 N–H and O–H groups in total. The van der Waals surface area contributed by atoms with Gasteiger partial charge in [0.15, 0.2) is 23.7 Å². The van der Waals surface area contributed by atoms with Crippen molar-refractivity contribution >= 4 is 11.7 Å². The van der Waals surface area contributed by atoms with Gasteiger partial charge in [-0.05, 0) is 31.0 Å². The van der Waals surface area contributed by atoms with Gasteiger partial charge in [-0.15, -0.1) is 0 Å². The molecule has 2 aromatic carbocycles. The van der Waals surface area contributed by atoms with E-state index < -0.39 is 47.4 Å². The number of carbonyl (C=O) groups excluding carboxylic acids is 1. The van der Waals surface area contributed by atoms with E-state index in [1.165, 1.54) is 18.2 Å². The molecule has 1 spiro atoms. The van der Waals surface area contributed by atoms with Crippen molar-refractivity contribution in [1.29, 1.82) is 0 Å². The van der Waals surface area contributed by atoms with Crippen molar-refractivity contribution in [2.45, 2.75) is 68.6 Å². The zero-order valence-corrected chi connectivity index (χ0v) is 19.0. The zero-order valence-electron chi connectivity index (χ0n) is 19.0. The van der Waals surface area contributed by atoms with E-state index >= 15 is 0 Å². The maximum absolute atomic E-state index is 12.9. The fraction of sp³-hybridized carbons (Fsp3) is 0.480. The summed E-state index contributed by atoms with van der Waals surface area (Å²) in [5, 5.41) is 22.6. The van der Waals surface area contributed by atoms with E-state index in [0.29, 0.717) is 18.4 Å². The number of rotatable bonds is 5. The van der Waals surface area contributed by atoms with E-state index in [0.717, 1.165) is 19.3 Å². The third-order valence-electron chi connectivity index (χ3n) is 6.65. The molecule has 0 radical (unpaired) electrons. The highest BCUT2D eigenvalue weighted by Gasteiger charge is 2.56. The number of ether oxygens (including phenoxy) is 5. The number of para-hydroxylation sites is 2. The van der Waals surface area contributed by atoms with E-state index in [1.807, 2.05) is 0 Å². The van der Waals surface area contributed by atoms with E-state index in [2.05, 4.69) is 0 Å². The molecule has 10 heteroatoms. The SMILES string of the molecule is O=C(O[C@@H]1[C@H](O)[C@H](Oc2ccccc2[N+](=O)[O-])O[C@@H]2COC3(CCCCC3)O[C@H]12)c1ccccc1. The van der Waals surface area contributed by atoms with E-state index in [1.54, 1.807) is 36.4 Å². The second-order valence-electron chi connectivity index (χ2n) is 8.98. The molecule has 0 aromatic heterocycles. The lowest BCUT2D eigenvalue weighted by Crippen LogP contribution is -2.67. The number of fused-ring (bicyclic) bond motifs is 1. The lowest BCUT2D eigenvalue weighted by Gasteiger charge is -2.51. The highest BCUT2D eigenvalue weighted by atomic mass is 16.8. The molecule has 35 heavy (non-hydrogen) atoms. The molecule has 10 nitrogen and oxygen atoms in total. The molecular formula is C25H27NO9. The largest absolute Gasteiger partial charge is 0.455 e. The maximum Gasteiger partial charge on any atom is 0.338 e. The van der Waals surface area contributed by atoms with Gasteiger partial charge in [0, 0.05) is 18.9 Å². The van der Waals surface area contributed by atoms with Crippen LogP contribution in [-0.4, -0.2) is 59.1 Å². The van der Waals surface area contributed by atoms with Gasteiger partial charge < -0.3 is 28.8 Å². The summed E-state index contributed by atoms with van der Waals surface area (Å²) in [5.41, 5.74) is 0.0407. The minimum Gasteiger partial charge on any atom is -0.455 e. The highest BCUT2D eigenvalue weighted by Crippen LogP contribution is 2.42. The Morgan fingerprint density at radius 3 is 2.51 bits per heavy atom. The summed E-state index contributed by atoms with van der Waals surface area (Å²) in [6.07, 6.45) is -1.11. The Morgan fingerprint density at radius 2 is 1.77 bits per heavy atom. The van der Waals surface area contributed by atoms with Gasteiger partial charge in [0.1, 0.15) is 12.2 Å². The van der Waals surface area contributed by atoms with Crippen molar-refractivity contribution in [1.82, 2.24) is 0 Å². The van der Waals surface area contributed by atoms with Gasteiger partial charge in [-0.25, -0.2) is 4.79 Å². The van der Waals surface area contributed by atoms with Crippen LogP contribution in [0.5, 0.6) is 5.75 Å². The third-order valence-corrected chi connectivity index (χ3v) is 6.65. The lowest BCUT2D eigenvalue weighted by atomic mass is 9.90. The predicted octanol–water partition coefficient (Wildman–Crippen LogP) is 3.36. The summed E-state index contributed by atoms with van der Waals surface area (Å²) >= 11 is 0. The van der Waals surface area contributed by atoms with E-state index in [-0.39, 0.29) is 18.0 Å². The summed E-state index contributed by atoms with van der Waals surface area (Å²) < 4.78 is 29.9. The molecule has 0 unspecified atom stereocenters. The van der Waals surface area contributed by atoms with Gasteiger partial charge >= 0.3 is 11.7 Å². The molecule has 2 saturated heterocycles. The number of nitrogens with zero attached hydrogens (tertiary/aromatic N) is 1. The number of hydrogen-bond acceptors (Lipinski definition) is 9. The van der Waals surface area contributed by atoms with Crippen molar-refractivity contribution in [3.63, 3.8) is 0 Å². The second kappa shape index (κ2) is 9.90. The molecule has 5 atom stereocenters. The molecular weight excluding hydrogens is 458 g/mol. The number of nitro benzene ring substituents is 1. The minimum absolute atomic E-state index is 0.0745. The first-order valence-electron chi connectivity index (χ1n) is 11.8. The first-order valence-corrected chi connectivity index (χ1v) is 11.8. The molecule has 0 bridgehead atoms. The number of nitro groups is 1. The van der Waals surface area contributed by atoms with Crippen LogP contribution in [0.3, 0.4) is 0 Å². The molecule has 1 aliphatic carbocycles. The average molecular weight is 485 g/mol. The van der Waals surface area contributed by atoms with Crippen LogP contribution in [0.1, 0.15) is 42.5 Å². The van der Waals surface area contributed by atoms with Crippen LogP contribution >= 0.6 is 0 Å².